The molecule has 0 rings (SSSR count). The summed E-state index contributed by atoms with van der Waals surface area (Å²) >= 11 is 0. The number of hydrogen-bond donors (Lipinski definition) is 0. The second-order valence-corrected chi connectivity index (χ2v) is 18.9. The molecule has 0 amide bonds. The van der Waals surface area contributed by atoms with Gasteiger partial charge in [0.15, 0.2) is 6.10 Å². The summed E-state index contributed by atoms with van der Waals surface area (Å²) in [5.74, 6) is 0.815. The Kier molecular flexibility index (Phi) is 44.7. The Morgan fingerprint density at radius 3 is 0.966 bits per heavy atom. The van der Waals surface area contributed by atoms with Crippen LogP contribution < -0.4 is 0 Å². The zero-order chi connectivity index (χ0) is 43.3. The first-order valence-corrected chi connectivity index (χ1v) is 26.3. The predicted molar refractivity (Wildman–Crippen MR) is 252 cm³/mol. The lowest BCUT2D eigenvalue weighted by Gasteiger charge is -2.18. The van der Waals surface area contributed by atoms with Gasteiger partial charge in [0.2, 0.25) is 0 Å². The number of esters is 3. The van der Waals surface area contributed by atoms with Gasteiger partial charge in [-0.25, -0.2) is 0 Å². The molecular weight excluding hydrogens is 733 g/mol. The van der Waals surface area contributed by atoms with Crippen LogP contribution in [0, 0.1) is 11.8 Å². The Morgan fingerprint density at radius 1 is 0.356 bits per heavy atom. The van der Waals surface area contributed by atoms with Crippen molar-refractivity contribution in [2.45, 2.75) is 298 Å². The number of unbranched alkanes of at least 4 members (excludes halogenated alkanes) is 31. The average molecular weight is 835 g/mol. The van der Waals surface area contributed by atoms with Crippen molar-refractivity contribution in [3.05, 3.63) is 0 Å². The summed E-state index contributed by atoms with van der Waals surface area (Å²) in [6, 6.07) is 0. The van der Waals surface area contributed by atoms with Gasteiger partial charge in [0.1, 0.15) is 13.2 Å². The third-order valence-electron chi connectivity index (χ3n) is 12.3. The predicted octanol–water partition coefficient (Wildman–Crippen LogP) is 16.9. The summed E-state index contributed by atoms with van der Waals surface area (Å²) in [6.45, 7) is 11.4. The molecule has 0 N–H and O–H groups in total. The van der Waals surface area contributed by atoms with Gasteiger partial charge >= 0.3 is 17.9 Å². The van der Waals surface area contributed by atoms with Crippen molar-refractivity contribution in [2.75, 3.05) is 13.2 Å². The van der Waals surface area contributed by atoms with E-state index in [1.165, 1.54) is 180 Å². The molecule has 1 unspecified atom stereocenters. The molecule has 59 heavy (non-hydrogen) atoms. The number of carbonyl (C=O) groups is 3. The van der Waals surface area contributed by atoms with Crippen LogP contribution in [0.1, 0.15) is 291 Å². The van der Waals surface area contributed by atoms with Crippen molar-refractivity contribution in [3.63, 3.8) is 0 Å². The summed E-state index contributed by atoms with van der Waals surface area (Å²) in [7, 11) is 0. The maximum atomic E-state index is 12.8. The second kappa shape index (κ2) is 45.9. The van der Waals surface area contributed by atoms with Gasteiger partial charge in [0.05, 0.1) is 0 Å². The molecule has 0 spiro atoms. The fraction of sp³-hybridized carbons (Fsp3) is 0.943. The van der Waals surface area contributed by atoms with Gasteiger partial charge in [-0.3, -0.25) is 14.4 Å². The number of carbonyl (C=O) groups excluding carboxylic acids is 3. The monoisotopic (exact) mass is 835 g/mol. The third kappa shape index (κ3) is 45.8. The molecule has 0 aliphatic carbocycles. The normalized spacial score (nSPS) is 12.5. The van der Waals surface area contributed by atoms with Gasteiger partial charge in [0, 0.05) is 19.3 Å². The van der Waals surface area contributed by atoms with Crippen LogP contribution in [0.15, 0.2) is 0 Å². The Bertz CT molecular complexity index is 902. The van der Waals surface area contributed by atoms with Crippen molar-refractivity contribution in [2.24, 2.45) is 11.8 Å². The van der Waals surface area contributed by atoms with Crippen molar-refractivity contribution >= 4 is 17.9 Å². The molecule has 350 valence electrons. The van der Waals surface area contributed by atoms with E-state index in [1.54, 1.807) is 0 Å². The van der Waals surface area contributed by atoms with Gasteiger partial charge < -0.3 is 14.2 Å². The van der Waals surface area contributed by atoms with Crippen molar-refractivity contribution in [3.8, 4) is 0 Å². The third-order valence-corrected chi connectivity index (χ3v) is 12.3. The largest absolute Gasteiger partial charge is 0.462 e. The molecule has 0 fully saturated rings. The summed E-state index contributed by atoms with van der Waals surface area (Å²) in [4.78, 5) is 38.0. The van der Waals surface area contributed by atoms with E-state index in [0.29, 0.717) is 19.3 Å². The molecule has 0 aromatic rings. The van der Waals surface area contributed by atoms with E-state index in [1.807, 2.05) is 0 Å². The zero-order valence-corrected chi connectivity index (χ0v) is 40.4. The molecule has 6 heteroatoms. The Labute approximate surface area is 368 Å². The van der Waals surface area contributed by atoms with E-state index in [-0.39, 0.29) is 31.1 Å². The molecular formula is C53H102O6. The molecule has 0 aliphatic rings. The minimum Gasteiger partial charge on any atom is -0.462 e. The average Bonchev–Trinajstić information content (AvgIpc) is 3.22. The van der Waals surface area contributed by atoms with E-state index in [9.17, 15) is 14.4 Å². The molecule has 0 saturated heterocycles. The molecule has 0 aromatic carbocycles. The van der Waals surface area contributed by atoms with Gasteiger partial charge in [-0.2, -0.15) is 0 Å². The lowest BCUT2D eigenvalue weighted by molar-refractivity contribution is -0.167. The van der Waals surface area contributed by atoms with Crippen LogP contribution in [0.25, 0.3) is 0 Å². The van der Waals surface area contributed by atoms with Crippen LogP contribution >= 0.6 is 0 Å². The maximum Gasteiger partial charge on any atom is 0.306 e. The highest BCUT2D eigenvalue weighted by Crippen LogP contribution is 2.18. The molecule has 0 saturated carbocycles. The zero-order valence-electron chi connectivity index (χ0n) is 40.4. The van der Waals surface area contributed by atoms with Crippen LogP contribution in [0.3, 0.4) is 0 Å². The quantitative estimate of drug-likeness (QED) is 0.0345. The smallest absolute Gasteiger partial charge is 0.306 e. The van der Waals surface area contributed by atoms with Gasteiger partial charge in [0.25, 0.3) is 0 Å². The first-order chi connectivity index (χ1) is 28.8. The molecule has 0 radical (unpaired) electrons. The first-order valence-electron chi connectivity index (χ1n) is 26.3. The summed E-state index contributed by atoms with van der Waals surface area (Å²) in [5.41, 5.74) is 0. The van der Waals surface area contributed by atoms with E-state index >= 15 is 0 Å². The Hall–Kier alpha value is -1.59. The fourth-order valence-electron chi connectivity index (χ4n) is 7.96. The first kappa shape index (κ1) is 57.4. The van der Waals surface area contributed by atoms with Crippen LogP contribution in [0.5, 0.6) is 0 Å². The minimum atomic E-state index is -0.762. The van der Waals surface area contributed by atoms with Gasteiger partial charge in [-0.15, -0.1) is 0 Å². The lowest BCUT2D eigenvalue weighted by atomic mass is 9.99. The molecule has 6 nitrogen and oxygen atoms in total. The van der Waals surface area contributed by atoms with Crippen molar-refractivity contribution < 1.29 is 28.6 Å². The lowest BCUT2D eigenvalue weighted by Crippen LogP contribution is -2.30. The van der Waals surface area contributed by atoms with Crippen LogP contribution in [0.4, 0.5) is 0 Å². The molecule has 0 aliphatic heterocycles. The van der Waals surface area contributed by atoms with Gasteiger partial charge in [-0.05, 0) is 31.1 Å². The van der Waals surface area contributed by atoms with Crippen molar-refractivity contribution in [1.29, 1.82) is 0 Å². The van der Waals surface area contributed by atoms with Crippen molar-refractivity contribution in [1.82, 2.24) is 0 Å². The van der Waals surface area contributed by atoms with E-state index in [4.69, 9.17) is 14.2 Å². The number of ether oxygens (including phenoxy) is 3. The SMILES string of the molecule is CCCCCCCCCCCCCCCCCCC(=O)OC[C@@H](COC(=O)CCCCCCCCCCC(C)CC)OC(=O)CCCCCCCCCCCCC(C)C. The Balaban J connectivity index is 4.31. The second-order valence-electron chi connectivity index (χ2n) is 18.9. The Morgan fingerprint density at radius 2 is 0.644 bits per heavy atom. The summed E-state index contributed by atoms with van der Waals surface area (Å²) < 4.78 is 16.8. The van der Waals surface area contributed by atoms with Gasteiger partial charge in [-0.1, -0.05) is 253 Å². The molecule has 2 atom stereocenters. The van der Waals surface area contributed by atoms with Crippen LogP contribution in [-0.4, -0.2) is 37.2 Å². The summed E-state index contributed by atoms with van der Waals surface area (Å²) in [5, 5.41) is 0. The molecule has 0 bridgehead atoms. The highest BCUT2D eigenvalue weighted by molar-refractivity contribution is 5.71. The molecule has 0 aromatic heterocycles. The van der Waals surface area contributed by atoms with E-state index in [0.717, 1.165) is 69.6 Å². The number of rotatable bonds is 47. The van der Waals surface area contributed by atoms with E-state index in [2.05, 4.69) is 34.6 Å². The standard InChI is InChI=1S/C53H102O6/c1-6-8-9-10-11-12-13-14-15-16-17-18-22-28-33-38-43-51(54)57-46-50(47-58-52(55)44-39-34-29-25-24-27-32-37-42-49(5)7-2)59-53(56)45-40-35-30-23-20-19-21-26-31-36-41-48(3)4/h48-50H,6-47H2,1-5H3/t49?,50-/m0/s1. The van der Waals surface area contributed by atoms with E-state index < -0.39 is 6.10 Å². The fourth-order valence-corrected chi connectivity index (χ4v) is 7.96. The van der Waals surface area contributed by atoms with Crippen LogP contribution in [-0.2, 0) is 28.6 Å². The minimum absolute atomic E-state index is 0.0640. The summed E-state index contributed by atoms with van der Waals surface area (Å²) in [6.07, 6.45) is 46.5. The highest BCUT2D eigenvalue weighted by atomic mass is 16.6. The highest BCUT2D eigenvalue weighted by Gasteiger charge is 2.19. The maximum absolute atomic E-state index is 12.8. The van der Waals surface area contributed by atoms with Crippen LogP contribution in [0.2, 0.25) is 0 Å². The topological polar surface area (TPSA) is 78.9 Å². The molecule has 0 heterocycles. The number of hydrogen-bond acceptors (Lipinski definition) is 6.